The second-order valence-electron chi connectivity index (χ2n) is 9.33. The highest BCUT2D eigenvalue weighted by Crippen LogP contribution is 2.38. The molecule has 0 saturated carbocycles. The number of halogens is 3. The first-order valence-corrected chi connectivity index (χ1v) is 12.0. The van der Waals surface area contributed by atoms with E-state index in [1.807, 2.05) is 25.1 Å². The lowest BCUT2D eigenvalue weighted by atomic mass is 9.91. The summed E-state index contributed by atoms with van der Waals surface area (Å²) in [5.74, 6) is -1.57. The summed E-state index contributed by atoms with van der Waals surface area (Å²) in [5.41, 5.74) is 2.47. The number of benzene rings is 3. The van der Waals surface area contributed by atoms with Crippen molar-refractivity contribution in [2.24, 2.45) is 0 Å². The molecular weight excluding hydrogens is 488 g/mol. The van der Waals surface area contributed by atoms with Gasteiger partial charge in [-0.05, 0) is 59.9 Å². The van der Waals surface area contributed by atoms with Gasteiger partial charge in [0.05, 0.1) is 5.02 Å². The molecule has 0 bridgehead atoms. The smallest absolute Gasteiger partial charge is 0.323 e. The Balaban J connectivity index is 1.40. The van der Waals surface area contributed by atoms with Crippen molar-refractivity contribution in [3.8, 4) is 5.75 Å². The van der Waals surface area contributed by atoms with Crippen molar-refractivity contribution in [1.29, 1.82) is 0 Å². The highest BCUT2D eigenvalue weighted by Gasteiger charge is 2.35. The molecule has 0 fully saturated rings. The monoisotopic (exact) mass is 513 g/mol. The van der Waals surface area contributed by atoms with E-state index < -0.39 is 23.9 Å². The summed E-state index contributed by atoms with van der Waals surface area (Å²) in [6.45, 7) is 1.49. The summed E-state index contributed by atoms with van der Waals surface area (Å²) in [6.07, 6.45) is 1.55. The lowest BCUT2D eigenvalue weighted by Crippen LogP contribution is -2.35. The lowest BCUT2D eigenvalue weighted by Gasteiger charge is -2.24. The molecule has 0 radical (unpaired) electrons. The van der Waals surface area contributed by atoms with Crippen LogP contribution < -0.4 is 4.74 Å². The number of fused-ring (bicyclic) bond motifs is 1. The Hall–Kier alpha value is -3.45. The number of hydrogen-bond donors (Lipinski definition) is 1. The summed E-state index contributed by atoms with van der Waals surface area (Å²) in [5, 5.41) is 9.17. The van der Waals surface area contributed by atoms with Gasteiger partial charge in [0.1, 0.15) is 29.5 Å². The van der Waals surface area contributed by atoms with E-state index in [0.29, 0.717) is 30.4 Å². The number of rotatable bonds is 9. The largest absolute Gasteiger partial charge is 0.487 e. The number of carboxylic acids is 1. The number of carbonyl (C=O) groups is 2. The first kappa shape index (κ1) is 25.6. The van der Waals surface area contributed by atoms with Crippen molar-refractivity contribution in [2.45, 2.75) is 44.8 Å². The summed E-state index contributed by atoms with van der Waals surface area (Å²) in [4.78, 5) is 25.4. The maximum atomic E-state index is 14.2. The highest BCUT2D eigenvalue weighted by atomic mass is 35.5. The molecule has 188 valence electrons. The number of carboxylic acid groups (broad SMARTS) is 1. The van der Waals surface area contributed by atoms with E-state index in [2.05, 4.69) is 0 Å². The number of amides is 1. The molecule has 1 aliphatic heterocycles. The normalized spacial score (nSPS) is 16.3. The topological polar surface area (TPSA) is 66.8 Å². The van der Waals surface area contributed by atoms with Gasteiger partial charge in [0.2, 0.25) is 5.91 Å². The van der Waals surface area contributed by atoms with Crippen LogP contribution in [0.1, 0.15) is 35.6 Å². The SMILES string of the molecule is C[C@]1(Cc2ccccc2F)Cc2cc(CCC(=O)N(CC(=O)O)Cc3ccc(F)c(Cl)c3)ccc2O1. The predicted octanol–water partition coefficient (Wildman–Crippen LogP) is 5.60. The predicted molar refractivity (Wildman–Crippen MR) is 132 cm³/mol. The van der Waals surface area contributed by atoms with E-state index in [-0.39, 0.29) is 29.7 Å². The molecular formula is C28H26ClF2NO4. The summed E-state index contributed by atoms with van der Waals surface area (Å²) >= 11 is 5.82. The van der Waals surface area contributed by atoms with Crippen LogP contribution in [0.25, 0.3) is 0 Å². The molecule has 0 unspecified atom stereocenters. The van der Waals surface area contributed by atoms with Gasteiger partial charge in [0, 0.05) is 25.8 Å². The van der Waals surface area contributed by atoms with E-state index in [1.165, 1.54) is 29.2 Å². The standard InChI is InChI=1S/C28H26ClF2NO4/c1-28(14-20-4-2-3-5-23(20)30)15-21-12-18(7-10-25(21)36-28)8-11-26(33)32(17-27(34)35)16-19-6-9-24(31)22(29)13-19/h2-7,9-10,12-13H,8,11,14-17H2,1H3,(H,34,35)/t28-/m0/s1. The van der Waals surface area contributed by atoms with Crippen molar-refractivity contribution in [1.82, 2.24) is 4.90 Å². The number of aliphatic carboxylic acids is 1. The number of hydrogen-bond acceptors (Lipinski definition) is 3. The van der Waals surface area contributed by atoms with E-state index >= 15 is 0 Å². The number of nitrogens with zero attached hydrogens (tertiary/aromatic N) is 1. The van der Waals surface area contributed by atoms with Gasteiger partial charge < -0.3 is 14.7 Å². The van der Waals surface area contributed by atoms with Crippen LogP contribution >= 0.6 is 11.6 Å². The van der Waals surface area contributed by atoms with Gasteiger partial charge in [-0.2, -0.15) is 0 Å². The Kier molecular flexibility index (Phi) is 7.59. The van der Waals surface area contributed by atoms with Gasteiger partial charge in [-0.3, -0.25) is 9.59 Å². The van der Waals surface area contributed by atoms with Gasteiger partial charge >= 0.3 is 5.97 Å². The Morgan fingerprint density at radius 3 is 2.53 bits per heavy atom. The third-order valence-electron chi connectivity index (χ3n) is 6.23. The van der Waals surface area contributed by atoms with E-state index in [4.69, 9.17) is 16.3 Å². The Labute approximate surface area is 213 Å². The van der Waals surface area contributed by atoms with Gasteiger partial charge in [0.15, 0.2) is 0 Å². The molecule has 4 rings (SSSR count). The second-order valence-corrected chi connectivity index (χ2v) is 9.74. The van der Waals surface area contributed by atoms with Crippen LogP contribution in [0.15, 0.2) is 60.7 Å². The molecule has 1 amide bonds. The van der Waals surface area contributed by atoms with Crippen molar-refractivity contribution in [2.75, 3.05) is 6.54 Å². The fraction of sp³-hybridized carbons (Fsp3) is 0.286. The van der Waals surface area contributed by atoms with Crippen molar-refractivity contribution >= 4 is 23.5 Å². The quantitative estimate of drug-likeness (QED) is 0.404. The zero-order chi connectivity index (χ0) is 25.9. The second kappa shape index (κ2) is 10.7. The molecule has 36 heavy (non-hydrogen) atoms. The number of ether oxygens (including phenoxy) is 1. The zero-order valence-corrected chi connectivity index (χ0v) is 20.5. The number of carbonyl (C=O) groups excluding carboxylic acids is 1. The molecule has 1 atom stereocenters. The molecule has 0 aromatic heterocycles. The molecule has 3 aromatic carbocycles. The molecule has 1 heterocycles. The Bertz CT molecular complexity index is 1300. The van der Waals surface area contributed by atoms with Crippen LogP contribution in [0.4, 0.5) is 8.78 Å². The van der Waals surface area contributed by atoms with Crippen molar-refractivity contribution in [3.63, 3.8) is 0 Å². The van der Waals surface area contributed by atoms with Crippen LogP contribution in [0, 0.1) is 11.6 Å². The molecule has 3 aromatic rings. The van der Waals surface area contributed by atoms with Crippen LogP contribution in [0.5, 0.6) is 5.75 Å². The van der Waals surface area contributed by atoms with E-state index in [9.17, 15) is 23.5 Å². The fourth-order valence-corrected chi connectivity index (χ4v) is 4.74. The third-order valence-corrected chi connectivity index (χ3v) is 6.52. The maximum Gasteiger partial charge on any atom is 0.323 e. The molecule has 0 aliphatic carbocycles. The van der Waals surface area contributed by atoms with Crippen LogP contribution in [-0.4, -0.2) is 34.0 Å². The van der Waals surface area contributed by atoms with Crippen LogP contribution in [0.3, 0.4) is 0 Å². The lowest BCUT2D eigenvalue weighted by molar-refractivity contribution is -0.144. The van der Waals surface area contributed by atoms with Crippen LogP contribution in [0.2, 0.25) is 5.02 Å². The molecule has 0 saturated heterocycles. The summed E-state index contributed by atoms with van der Waals surface area (Å²) in [7, 11) is 0. The molecule has 5 nitrogen and oxygen atoms in total. The fourth-order valence-electron chi connectivity index (χ4n) is 4.54. The Morgan fingerprint density at radius 1 is 1.06 bits per heavy atom. The van der Waals surface area contributed by atoms with Crippen molar-refractivity contribution < 1.29 is 28.2 Å². The minimum Gasteiger partial charge on any atom is -0.487 e. The number of aryl methyl sites for hydroxylation is 1. The van der Waals surface area contributed by atoms with Gasteiger partial charge in [-0.1, -0.05) is 48.0 Å². The molecule has 0 spiro atoms. The molecule has 1 N–H and O–H groups in total. The third kappa shape index (κ3) is 6.21. The van der Waals surface area contributed by atoms with E-state index in [0.717, 1.165) is 16.9 Å². The first-order valence-electron chi connectivity index (χ1n) is 11.6. The maximum absolute atomic E-state index is 14.2. The first-order chi connectivity index (χ1) is 17.1. The summed E-state index contributed by atoms with van der Waals surface area (Å²) < 4.78 is 33.8. The Morgan fingerprint density at radius 2 is 1.81 bits per heavy atom. The minimum absolute atomic E-state index is 0.0115. The van der Waals surface area contributed by atoms with Gasteiger partial charge in [-0.15, -0.1) is 0 Å². The average Bonchev–Trinajstić information content (AvgIpc) is 3.15. The van der Waals surface area contributed by atoms with Crippen molar-refractivity contribution in [3.05, 3.63) is 99.6 Å². The highest BCUT2D eigenvalue weighted by molar-refractivity contribution is 6.30. The molecule has 1 aliphatic rings. The zero-order valence-electron chi connectivity index (χ0n) is 19.8. The van der Waals surface area contributed by atoms with Gasteiger partial charge in [-0.25, -0.2) is 8.78 Å². The molecule has 8 heteroatoms. The van der Waals surface area contributed by atoms with Crippen LogP contribution in [-0.2, 0) is 35.4 Å². The van der Waals surface area contributed by atoms with Gasteiger partial charge in [0.25, 0.3) is 0 Å². The summed E-state index contributed by atoms with van der Waals surface area (Å²) in [6, 6.07) is 16.4. The minimum atomic E-state index is -1.14. The van der Waals surface area contributed by atoms with E-state index in [1.54, 1.807) is 18.2 Å². The average molecular weight is 514 g/mol.